The number of hydrogen-bond donors (Lipinski definition) is 0. The van der Waals surface area contributed by atoms with Gasteiger partial charge in [0.05, 0.1) is 0 Å². The van der Waals surface area contributed by atoms with Gasteiger partial charge in [-0.15, -0.1) is 0 Å². The van der Waals surface area contributed by atoms with Crippen molar-refractivity contribution in [3.05, 3.63) is 23.0 Å². The summed E-state index contributed by atoms with van der Waals surface area (Å²) in [5, 5.41) is 2.59. The molecule has 0 aromatic rings. The molecule has 1 heteroatoms. The topological polar surface area (TPSA) is 0 Å². The van der Waals surface area contributed by atoms with Gasteiger partial charge in [0.25, 0.3) is 0 Å². The average Bonchev–Trinajstić information content (AvgIpc) is 1.95. The molecular formula is C8H16Ge. The minimum absolute atomic E-state index is 1.30. The Labute approximate surface area is 61.0 Å². The van der Waals surface area contributed by atoms with E-state index in [1.165, 1.54) is 10.5 Å². The van der Waals surface area contributed by atoms with Crippen molar-refractivity contribution in [1.82, 2.24) is 0 Å². The summed E-state index contributed by atoms with van der Waals surface area (Å²) in [4.78, 5) is 4.35. The average molecular weight is 185 g/mol. The summed E-state index contributed by atoms with van der Waals surface area (Å²) >= 11 is -1.64. The third-order valence-corrected chi connectivity index (χ3v) is 11.1. The van der Waals surface area contributed by atoms with Crippen LogP contribution in [0.25, 0.3) is 0 Å². The fraction of sp³-hybridized carbons (Fsp3) is 0.500. The van der Waals surface area contributed by atoms with Crippen molar-refractivity contribution in [2.24, 2.45) is 0 Å². The van der Waals surface area contributed by atoms with E-state index in [1.54, 1.807) is 0 Å². The maximum absolute atomic E-state index is 3.86. The van der Waals surface area contributed by atoms with Gasteiger partial charge in [-0.1, -0.05) is 0 Å². The Bertz CT molecular complexity index is 91.1. The first-order valence-electron chi connectivity index (χ1n) is 3.52. The van der Waals surface area contributed by atoms with Crippen LogP contribution in [0.5, 0.6) is 0 Å². The Hall–Kier alpha value is 0.0229. The van der Waals surface area contributed by atoms with Crippen molar-refractivity contribution in [3.63, 3.8) is 0 Å². The van der Waals surface area contributed by atoms with E-state index in [1.807, 2.05) is 0 Å². The molecule has 0 aliphatic heterocycles. The molecule has 0 fully saturated rings. The van der Waals surface area contributed by atoms with Crippen molar-refractivity contribution in [3.8, 4) is 0 Å². The van der Waals surface area contributed by atoms with E-state index in [2.05, 4.69) is 36.8 Å². The van der Waals surface area contributed by atoms with E-state index in [-0.39, 0.29) is 0 Å². The van der Waals surface area contributed by atoms with E-state index in [9.17, 15) is 0 Å². The normalized spacial score (nSPS) is 10.9. The fourth-order valence-electron chi connectivity index (χ4n) is 0.911. The molecule has 0 radical (unpaired) electrons. The van der Waals surface area contributed by atoms with Crippen molar-refractivity contribution in [2.75, 3.05) is 0 Å². The molecule has 0 N–H and O–H groups in total. The first-order valence-corrected chi connectivity index (χ1v) is 8.90. The standard InChI is InChI=1S/C8H16Ge/c1-5-9(6-2,7-3)8-4/h5-6H,1-2,7-8H2,3-4H3. The van der Waals surface area contributed by atoms with Gasteiger partial charge in [-0.3, -0.25) is 0 Å². The van der Waals surface area contributed by atoms with Crippen LogP contribution in [0.3, 0.4) is 0 Å². The summed E-state index contributed by atoms with van der Waals surface area (Å²) in [6, 6.07) is 0. The predicted molar refractivity (Wildman–Crippen MR) is 47.1 cm³/mol. The molecule has 0 rings (SSSR count). The summed E-state index contributed by atoms with van der Waals surface area (Å²) in [5.74, 6) is 0. The molecule has 52 valence electrons. The van der Waals surface area contributed by atoms with E-state index >= 15 is 0 Å². The van der Waals surface area contributed by atoms with Gasteiger partial charge in [0.1, 0.15) is 0 Å². The molecule has 0 saturated heterocycles. The van der Waals surface area contributed by atoms with Gasteiger partial charge in [-0.25, -0.2) is 0 Å². The van der Waals surface area contributed by atoms with E-state index in [4.69, 9.17) is 0 Å². The van der Waals surface area contributed by atoms with Crippen LogP contribution in [0.2, 0.25) is 10.5 Å². The summed E-state index contributed by atoms with van der Waals surface area (Å²) in [6.07, 6.45) is 0. The number of hydrogen-bond acceptors (Lipinski definition) is 0. The minimum atomic E-state index is -1.64. The van der Waals surface area contributed by atoms with Crippen molar-refractivity contribution in [1.29, 1.82) is 0 Å². The summed E-state index contributed by atoms with van der Waals surface area (Å²) in [6.45, 7) is 12.2. The molecule has 0 unspecified atom stereocenters. The monoisotopic (exact) mass is 186 g/mol. The van der Waals surface area contributed by atoms with Crippen LogP contribution >= 0.6 is 0 Å². The van der Waals surface area contributed by atoms with Gasteiger partial charge in [-0.05, 0) is 0 Å². The summed E-state index contributed by atoms with van der Waals surface area (Å²) in [7, 11) is 0. The Morgan fingerprint density at radius 1 is 1.11 bits per heavy atom. The molecule has 0 spiro atoms. The molecular weight excluding hydrogens is 169 g/mol. The Kier molecular flexibility index (Phi) is 3.95. The van der Waals surface area contributed by atoms with E-state index in [0.29, 0.717) is 0 Å². The van der Waals surface area contributed by atoms with Crippen molar-refractivity contribution in [2.45, 2.75) is 24.4 Å². The first kappa shape index (κ1) is 9.02. The van der Waals surface area contributed by atoms with Crippen LogP contribution < -0.4 is 0 Å². The second kappa shape index (κ2) is 3.94. The molecule has 0 saturated carbocycles. The van der Waals surface area contributed by atoms with E-state index in [0.717, 1.165) is 0 Å². The molecule has 0 aliphatic rings. The quantitative estimate of drug-likeness (QED) is 0.590. The summed E-state index contributed by atoms with van der Waals surface area (Å²) < 4.78 is 0. The van der Waals surface area contributed by atoms with Crippen molar-refractivity contribution >= 4 is 13.3 Å². The zero-order valence-electron chi connectivity index (χ0n) is 6.48. The molecule has 0 atom stereocenters. The van der Waals surface area contributed by atoms with Gasteiger partial charge in [0, 0.05) is 0 Å². The Morgan fingerprint density at radius 3 is 1.44 bits per heavy atom. The first-order chi connectivity index (χ1) is 4.24. The molecule has 0 heterocycles. The second-order valence-corrected chi connectivity index (χ2v) is 12.2. The van der Waals surface area contributed by atoms with Crippen LogP contribution in [0, 0.1) is 0 Å². The van der Waals surface area contributed by atoms with Gasteiger partial charge >= 0.3 is 60.6 Å². The maximum atomic E-state index is 3.86. The van der Waals surface area contributed by atoms with E-state index < -0.39 is 13.3 Å². The van der Waals surface area contributed by atoms with Crippen LogP contribution in [-0.2, 0) is 0 Å². The molecule has 0 aromatic heterocycles. The zero-order valence-corrected chi connectivity index (χ0v) is 8.58. The molecule has 9 heavy (non-hydrogen) atoms. The van der Waals surface area contributed by atoms with Crippen LogP contribution in [0.1, 0.15) is 13.8 Å². The van der Waals surface area contributed by atoms with Gasteiger partial charge in [0.15, 0.2) is 0 Å². The van der Waals surface area contributed by atoms with Gasteiger partial charge < -0.3 is 0 Å². The van der Waals surface area contributed by atoms with Gasteiger partial charge in [-0.2, -0.15) is 0 Å². The third kappa shape index (κ3) is 2.01. The van der Waals surface area contributed by atoms with Gasteiger partial charge in [0.2, 0.25) is 0 Å². The Balaban J connectivity index is 4.15. The summed E-state index contributed by atoms with van der Waals surface area (Å²) in [5.41, 5.74) is 0. The third-order valence-electron chi connectivity index (χ3n) is 2.13. The molecule has 0 amide bonds. The predicted octanol–water partition coefficient (Wildman–Crippen LogP) is 2.93. The van der Waals surface area contributed by atoms with Crippen molar-refractivity contribution < 1.29 is 0 Å². The van der Waals surface area contributed by atoms with Crippen LogP contribution in [0.15, 0.2) is 23.0 Å². The molecule has 0 aromatic carbocycles. The molecule has 0 aliphatic carbocycles. The zero-order chi connectivity index (χ0) is 7.33. The van der Waals surface area contributed by atoms with Crippen LogP contribution in [0.4, 0.5) is 0 Å². The molecule has 0 bridgehead atoms. The number of rotatable bonds is 4. The second-order valence-electron chi connectivity index (χ2n) is 2.35. The SMILES string of the molecule is C=[CH][Ge]([CH]=C)([CH2]C)[CH2]C. The fourth-order valence-corrected chi connectivity index (χ4v) is 4.73. The molecule has 0 nitrogen and oxygen atoms in total. The van der Waals surface area contributed by atoms with Crippen LogP contribution in [-0.4, -0.2) is 13.3 Å². The Morgan fingerprint density at radius 2 is 1.44 bits per heavy atom.